The number of aromatic nitrogens is 3. The fraction of sp³-hybridized carbons (Fsp3) is 0.286. The van der Waals surface area contributed by atoms with Crippen molar-refractivity contribution in [2.75, 3.05) is 19.0 Å². The molecule has 0 saturated heterocycles. The van der Waals surface area contributed by atoms with Crippen LogP contribution in [0.1, 0.15) is 21.7 Å². The number of hydrogen-bond acceptors (Lipinski definition) is 6. The largest absolute Gasteiger partial charge is 0.464 e. The number of carbonyl (C=O) groups excluding carboxylic acids is 1. The lowest BCUT2D eigenvalue weighted by Crippen LogP contribution is -2.10. The molecule has 2 rings (SSSR count). The molecule has 0 unspecified atom stereocenters. The second-order valence-corrected chi connectivity index (χ2v) is 4.28. The van der Waals surface area contributed by atoms with Crippen molar-refractivity contribution in [1.29, 1.82) is 0 Å². The van der Waals surface area contributed by atoms with Gasteiger partial charge in [-0.05, 0) is 37.1 Å². The zero-order valence-electron chi connectivity index (χ0n) is 11.5. The summed E-state index contributed by atoms with van der Waals surface area (Å²) in [5, 5.41) is 10.8. The summed E-state index contributed by atoms with van der Waals surface area (Å²) in [4.78, 5) is 15.4. The van der Waals surface area contributed by atoms with Gasteiger partial charge in [0.1, 0.15) is 5.82 Å². The van der Waals surface area contributed by atoms with Gasteiger partial charge in [0.2, 0.25) is 0 Å². The van der Waals surface area contributed by atoms with Gasteiger partial charge in [-0.15, -0.1) is 10.2 Å². The van der Waals surface area contributed by atoms with Crippen LogP contribution in [0.3, 0.4) is 0 Å². The number of nitrogens with zero attached hydrogens (tertiary/aromatic N) is 3. The van der Waals surface area contributed by atoms with Crippen molar-refractivity contribution in [3.8, 4) is 0 Å². The third-order valence-corrected chi connectivity index (χ3v) is 2.75. The molecule has 0 bridgehead atoms. The molecule has 6 heteroatoms. The van der Waals surface area contributed by atoms with Crippen LogP contribution in [-0.2, 0) is 11.2 Å². The normalized spacial score (nSPS) is 10.1. The Kier molecular flexibility index (Phi) is 4.60. The van der Waals surface area contributed by atoms with E-state index in [1.165, 1.54) is 7.11 Å². The number of pyridine rings is 1. The highest BCUT2D eigenvalue weighted by atomic mass is 16.5. The van der Waals surface area contributed by atoms with Gasteiger partial charge in [-0.25, -0.2) is 4.79 Å². The van der Waals surface area contributed by atoms with E-state index in [0.717, 1.165) is 24.2 Å². The second kappa shape index (κ2) is 6.60. The van der Waals surface area contributed by atoms with Crippen molar-refractivity contribution in [3.63, 3.8) is 0 Å². The summed E-state index contributed by atoms with van der Waals surface area (Å²) < 4.78 is 4.56. The number of anilines is 1. The highest BCUT2D eigenvalue weighted by molar-refractivity contribution is 5.86. The van der Waals surface area contributed by atoms with Crippen LogP contribution in [0.5, 0.6) is 0 Å². The van der Waals surface area contributed by atoms with E-state index < -0.39 is 5.97 Å². The van der Waals surface area contributed by atoms with Gasteiger partial charge in [0.25, 0.3) is 0 Å². The molecule has 2 aromatic rings. The Morgan fingerprint density at radius 3 is 2.70 bits per heavy atom. The molecule has 2 aromatic heterocycles. The van der Waals surface area contributed by atoms with E-state index in [9.17, 15) is 4.79 Å². The number of carbonyl (C=O) groups is 1. The fourth-order valence-corrected chi connectivity index (χ4v) is 1.62. The van der Waals surface area contributed by atoms with Gasteiger partial charge < -0.3 is 10.1 Å². The zero-order chi connectivity index (χ0) is 14.4. The minimum atomic E-state index is -0.491. The van der Waals surface area contributed by atoms with Crippen LogP contribution in [0.15, 0.2) is 30.5 Å². The second-order valence-electron chi connectivity index (χ2n) is 4.28. The Morgan fingerprint density at radius 1 is 1.25 bits per heavy atom. The first-order valence-corrected chi connectivity index (χ1v) is 6.26. The SMILES string of the molecule is COC(=O)c1ccc(NCCc2ccc(C)nc2)nn1. The minimum Gasteiger partial charge on any atom is -0.464 e. The third kappa shape index (κ3) is 3.74. The number of rotatable bonds is 5. The first kappa shape index (κ1) is 13.9. The molecule has 2 heterocycles. The van der Waals surface area contributed by atoms with Crippen LogP contribution < -0.4 is 5.32 Å². The molecule has 0 atom stereocenters. The monoisotopic (exact) mass is 272 g/mol. The standard InChI is InChI=1S/C14H16N4O2/c1-10-3-4-11(9-16-10)7-8-15-13-6-5-12(17-18-13)14(19)20-2/h3-6,9H,7-8H2,1-2H3,(H,15,18). The summed E-state index contributed by atoms with van der Waals surface area (Å²) >= 11 is 0. The molecule has 0 amide bonds. The maximum Gasteiger partial charge on any atom is 0.358 e. The Hall–Kier alpha value is -2.50. The Bertz CT molecular complexity index is 567. The number of aryl methyl sites for hydroxylation is 1. The van der Waals surface area contributed by atoms with Crippen LogP contribution in [-0.4, -0.2) is 34.8 Å². The number of hydrogen-bond donors (Lipinski definition) is 1. The van der Waals surface area contributed by atoms with E-state index in [1.54, 1.807) is 12.1 Å². The van der Waals surface area contributed by atoms with Crippen LogP contribution >= 0.6 is 0 Å². The molecule has 0 aliphatic heterocycles. The lowest BCUT2D eigenvalue weighted by Gasteiger charge is -2.05. The topological polar surface area (TPSA) is 77.0 Å². The summed E-state index contributed by atoms with van der Waals surface area (Å²) in [5.74, 6) is 0.132. The van der Waals surface area contributed by atoms with Crippen molar-refractivity contribution in [2.45, 2.75) is 13.3 Å². The Morgan fingerprint density at radius 2 is 2.10 bits per heavy atom. The molecule has 0 fully saturated rings. The molecule has 20 heavy (non-hydrogen) atoms. The molecular formula is C14H16N4O2. The van der Waals surface area contributed by atoms with Gasteiger partial charge >= 0.3 is 5.97 Å². The maximum absolute atomic E-state index is 11.2. The molecule has 6 nitrogen and oxygen atoms in total. The molecule has 1 N–H and O–H groups in total. The van der Waals surface area contributed by atoms with Gasteiger partial charge in [-0.3, -0.25) is 4.98 Å². The first-order valence-electron chi connectivity index (χ1n) is 6.26. The smallest absolute Gasteiger partial charge is 0.358 e. The predicted molar refractivity (Wildman–Crippen MR) is 74.5 cm³/mol. The average Bonchev–Trinajstić information content (AvgIpc) is 2.49. The van der Waals surface area contributed by atoms with E-state index >= 15 is 0 Å². The molecule has 0 saturated carbocycles. The van der Waals surface area contributed by atoms with Gasteiger partial charge in [0.05, 0.1) is 7.11 Å². The summed E-state index contributed by atoms with van der Waals surface area (Å²) in [6.45, 7) is 2.68. The van der Waals surface area contributed by atoms with E-state index in [-0.39, 0.29) is 5.69 Å². The zero-order valence-corrected chi connectivity index (χ0v) is 11.5. The van der Waals surface area contributed by atoms with Crippen molar-refractivity contribution >= 4 is 11.8 Å². The van der Waals surface area contributed by atoms with Crippen LogP contribution in [0.25, 0.3) is 0 Å². The van der Waals surface area contributed by atoms with E-state index in [4.69, 9.17) is 0 Å². The molecular weight excluding hydrogens is 256 g/mol. The lowest BCUT2D eigenvalue weighted by atomic mass is 10.2. The third-order valence-electron chi connectivity index (χ3n) is 2.75. The summed E-state index contributed by atoms with van der Waals surface area (Å²) in [7, 11) is 1.31. The molecule has 104 valence electrons. The first-order chi connectivity index (χ1) is 9.69. The number of nitrogens with one attached hydrogen (secondary N) is 1. The molecule has 0 radical (unpaired) electrons. The highest BCUT2D eigenvalue weighted by Crippen LogP contribution is 2.04. The van der Waals surface area contributed by atoms with Crippen LogP contribution in [0.2, 0.25) is 0 Å². The fourth-order valence-electron chi connectivity index (χ4n) is 1.62. The van der Waals surface area contributed by atoms with Crippen molar-refractivity contribution < 1.29 is 9.53 Å². The summed E-state index contributed by atoms with van der Waals surface area (Å²) in [6, 6.07) is 7.32. The maximum atomic E-state index is 11.2. The van der Waals surface area contributed by atoms with Crippen molar-refractivity contribution in [2.24, 2.45) is 0 Å². The van der Waals surface area contributed by atoms with Crippen LogP contribution in [0.4, 0.5) is 5.82 Å². The quantitative estimate of drug-likeness (QED) is 0.833. The van der Waals surface area contributed by atoms with Gasteiger partial charge in [-0.1, -0.05) is 6.07 Å². The minimum absolute atomic E-state index is 0.195. The van der Waals surface area contributed by atoms with Gasteiger partial charge in [0, 0.05) is 18.4 Å². The summed E-state index contributed by atoms with van der Waals surface area (Å²) in [6.07, 6.45) is 2.71. The molecule has 0 aromatic carbocycles. The highest BCUT2D eigenvalue weighted by Gasteiger charge is 2.07. The van der Waals surface area contributed by atoms with Crippen LogP contribution in [0, 0.1) is 6.92 Å². The number of esters is 1. The van der Waals surface area contributed by atoms with E-state index in [0.29, 0.717) is 5.82 Å². The van der Waals surface area contributed by atoms with E-state index in [1.807, 2.05) is 19.2 Å². The molecule has 0 aliphatic carbocycles. The van der Waals surface area contributed by atoms with Crippen molar-refractivity contribution in [3.05, 3.63) is 47.4 Å². The van der Waals surface area contributed by atoms with Gasteiger partial charge in [0.15, 0.2) is 5.69 Å². The molecule has 0 aliphatic rings. The van der Waals surface area contributed by atoms with Crippen molar-refractivity contribution in [1.82, 2.24) is 15.2 Å². The Labute approximate surface area is 117 Å². The number of methoxy groups -OCH3 is 1. The summed E-state index contributed by atoms with van der Waals surface area (Å²) in [5.41, 5.74) is 2.36. The molecule has 0 spiro atoms. The predicted octanol–water partition coefficient (Wildman–Crippen LogP) is 1.62. The van der Waals surface area contributed by atoms with E-state index in [2.05, 4.69) is 31.3 Å². The average molecular weight is 272 g/mol. The lowest BCUT2D eigenvalue weighted by molar-refractivity contribution is 0.0593. The number of ether oxygens (including phenoxy) is 1. The Balaban J connectivity index is 1.85. The van der Waals surface area contributed by atoms with Gasteiger partial charge in [-0.2, -0.15) is 0 Å².